The lowest BCUT2D eigenvalue weighted by molar-refractivity contribution is 0.307. The van der Waals surface area contributed by atoms with Crippen LogP contribution in [0.15, 0.2) is 18.2 Å². The summed E-state index contributed by atoms with van der Waals surface area (Å²) in [6.45, 7) is 5.37. The van der Waals surface area contributed by atoms with E-state index in [2.05, 4.69) is 19.2 Å². The first-order valence-corrected chi connectivity index (χ1v) is 5.28. The lowest BCUT2D eigenvalue weighted by atomic mass is 10.3. The highest BCUT2D eigenvalue weighted by Gasteiger charge is 2.01. The lowest BCUT2D eigenvalue weighted by Gasteiger charge is -2.09. The molecular formula is C11H15ClFNO. The van der Waals surface area contributed by atoms with Crippen molar-refractivity contribution >= 4 is 11.6 Å². The zero-order valence-corrected chi connectivity index (χ0v) is 9.64. The summed E-state index contributed by atoms with van der Waals surface area (Å²) >= 11 is 5.54. The molecule has 0 unspecified atom stereocenters. The van der Waals surface area contributed by atoms with Crippen LogP contribution in [0.5, 0.6) is 5.75 Å². The van der Waals surface area contributed by atoms with Gasteiger partial charge in [0, 0.05) is 18.7 Å². The SMILES string of the molecule is CC(C)NCCOc1ccc(Cl)c(F)c1. The highest BCUT2D eigenvalue weighted by molar-refractivity contribution is 6.30. The third kappa shape index (κ3) is 4.49. The number of ether oxygens (including phenoxy) is 1. The summed E-state index contributed by atoms with van der Waals surface area (Å²) in [7, 11) is 0. The van der Waals surface area contributed by atoms with Crippen LogP contribution in [0, 0.1) is 5.82 Å². The van der Waals surface area contributed by atoms with Crippen LogP contribution in [0.2, 0.25) is 5.02 Å². The van der Waals surface area contributed by atoms with Crippen molar-refractivity contribution in [2.45, 2.75) is 19.9 Å². The monoisotopic (exact) mass is 231 g/mol. The minimum atomic E-state index is -0.453. The van der Waals surface area contributed by atoms with Crippen LogP contribution in [-0.4, -0.2) is 19.2 Å². The van der Waals surface area contributed by atoms with Gasteiger partial charge < -0.3 is 10.1 Å². The molecule has 0 aliphatic rings. The second kappa shape index (κ2) is 5.93. The molecule has 4 heteroatoms. The predicted molar refractivity (Wildman–Crippen MR) is 60.0 cm³/mol. The molecule has 0 radical (unpaired) electrons. The fraction of sp³-hybridized carbons (Fsp3) is 0.455. The van der Waals surface area contributed by atoms with Crippen molar-refractivity contribution in [3.8, 4) is 5.75 Å². The van der Waals surface area contributed by atoms with Gasteiger partial charge in [0.1, 0.15) is 18.2 Å². The summed E-state index contributed by atoms with van der Waals surface area (Å²) < 4.78 is 18.3. The van der Waals surface area contributed by atoms with Crippen molar-refractivity contribution in [2.24, 2.45) is 0 Å². The van der Waals surface area contributed by atoms with Gasteiger partial charge in [-0.05, 0) is 12.1 Å². The summed E-state index contributed by atoms with van der Waals surface area (Å²) in [6, 6.07) is 4.86. The van der Waals surface area contributed by atoms with E-state index >= 15 is 0 Å². The van der Waals surface area contributed by atoms with Crippen molar-refractivity contribution in [1.82, 2.24) is 5.32 Å². The molecule has 0 atom stereocenters. The Labute approximate surface area is 94.4 Å². The standard InChI is InChI=1S/C11H15ClFNO/c1-8(2)14-5-6-15-9-3-4-10(12)11(13)7-9/h3-4,7-8,14H,5-6H2,1-2H3. The topological polar surface area (TPSA) is 21.3 Å². The van der Waals surface area contributed by atoms with Gasteiger partial charge in [0.25, 0.3) is 0 Å². The molecule has 1 aromatic rings. The Hall–Kier alpha value is -0.800. The summed E-state index contributed by atoms with van der Waals surface area (Å²) in [5.74, 6) is 0.0495. The highest BCUT2D eigenvalue weighted by Crippen LogP contribution is 2.20. The molecule has 0 heterocycles. The summed E-state index contributed by atoms with van der Waals surface area (Å²) in [5, 5.41) is 3.31. The molecule has 1 aromatic carbocycles. The average molecular weight is 232 g/mol. The second-order valence-corrected chi connectivity index (χ2v) is 3.94. The van der Waals surface area contributed by atoms with E-state index in [1.165, 1.54) is 12.1 Å². The number of hydrogen-bond acceptors (Lipinski definition) is 2. The molecule has 0 aliphatic carbocycles. The van der Waals surface area contributed by atoms with E-state index in [-0.39, 0.29) is 5.02 Å². The number of rotatable bonds is 5. The Morgan fingerprint density at radius 3 is 2.80 bits per heavy atom. The highest BCUT2D eigenvalue weighted by atomic mass is 35.5. The maximum absolute atomic E-state index is 13.0. The summed E-state index contributed by atoms with van der Waals surface area (Å²) in [6.07, 6.45) is 0. The van der Waals surface area contributed by atoms with Gasteiger partial charge in [-0.3, -0.25) is 0 Å². The molecule has 0 saturated heterocycles. The number of hydrogen-bond donors (Lipinski definition) is 1. The average Bonchev–Trinajstić information content (AvgIpc) is 2.18. The van der Waals surface area contributed by atoms with Crippen molar-refractivity contribution in [2.75, 3.05) is 13.2 Å². The van der Waals surface area contributed by atoms with Crippen molar-refractivity contribution in [1.29, 1.82) is 0 Å². The molecular weight excluding hydrogens is 217 g/mol. The zero-order chi connectivity index (χ0) is 11.3. The van der Waals surface area contributed by atoms with Gasteiger partial charge in [-0.1, -0.05) is 25.4 Å². The van der Waals surface area contributed by atoms with Crippen LogP contribution in [0.1, 0.15) is 13.8 Å². The lowest BCUT2D eigenvalue weighted by Crippen LogP contribution is -2.27. The molecule has 0 saturated carbocycles. The van der Waals surface area contributed by atoms with E-state index in [4.69, 9.17) is 16.3 Å². The summed E-state index contributed by atoms with van der Waals surface area (Å²) in [4.78, 5) is 0. The van der Waals surface area contributed by atoms with Gasteiger partial charge in [-0.15, -0.1) is 0 Å². The number of benzene rings is 1. The third-order valence-corrected chi connectivity index (χ3v) is 2.12. The fourth-order valence-corrected chi connectivity index (χ4v) is 1.20. The molecule has 0 aliphatic heterocycles. The van der Waals surface area contributed by atoms with Crippen LogP contribution in [-0.2, 0) is 0 Å². The van der Waals surface area contributed by atoms with E-state index in [1.807, 2.05) is 0 Å². The van der Waals surface area contributed by atoms with Gasteiger partial charge in [0.15, 0.2) is 0 Å². The largest absolute Gasteiger partial charge is 0.492 e. The first kappa shape index (κ1) is 12.3. The van der Waals surface area contributed by atoms with Crippen molar-refractivity contribution in [3.05, 3.63) is 29.0 Å². The molecule has 0 bridgehead atoms. The van der Waals surface area contributed by atoms with Gasteiger partial charge in [0.05, 0.1) is 5.02 Å². The number of nitrogens with one attached hydrogen (secondary N) is 1. The Morgan fingerprint density at radius 1 is 1.47 bits per heavy atom. The van der Waals surface area contributed by atoms with E-state index in [0.717, 1.165) is 6.54 Å². The smallest absolute Gasteiger partial charge is 0.145 e. The van der Waals surface area contributed by atoms with Crippen LogP contribution in [0.25, 0.3) is 0 Å². The van der Waals surface area contributed by atoms with Crippen LogP contribution < -0.4 is 10.1 Å². The van der Waals surface area contributed by atoms with Gasteiger partial charge in [-0.25, -0.2) is 4.39 Å². The molecule has 15 heavy (non-hydrogen) atoms. The van der Waals surface area contributed by atoms with Crippen LogP contribution in [0.4, 0.5) is 4.39 Å². The van der Waals surface area contributed by atoms with E-state index < -0.39 is 5.82 Å². The molecule has 0 spiro atoms. The first-order chi connectivity index (χ1) is 7.09. The van der Waals surface area contributed by atoms with E-state index in [1.54, 1.807) is 6.07 Å². The Morgan fingerprint density at radius 2 is 2.20 bits per heavy atom. The Balaban J connectivity index is 2.35. The maximum Gasteiger partial charge on any atom is 0.145 e. The Kier molecular flexibility index (Phi) is 4.85. The van der Waals surface area contributed by atoms with Crippen molar-refractivity contribution in [3.63, 3.8) is 0 Å². The van der Waals surface area contributed by atoms with E-state index in [0.29, 0.717) is 18.4 Å². The van der Waals surface area contributed by atoms with Crippen LogP contribution in [0.3, 0.4) is 0 Å². The van der Waals surface area contributed by atoms with Gasteiger partial charge in [0.2, 0.25) is 0 Å². The molecule has 0 fully saturated rings. The normalized spacial score (nSPS) is 10.7. The molecule has 0 aromatic heterocycles. The third-order valence-electron chi connectivity index (χ3n) is 1.81. The molecule has 0 amide bonds. The maximum atomic E-state index is 13.0. The van der Waals surface area contributed by atoms with Gasteiger partial charge in [-0.2, -0.15) is 0 Å². The molecule has 1 rings (SSSR count). The number of halogens is 2. The minimum Gasteiger partial charge on any atom is -0.492 e. The predicted octanol–water partition coefficient (Wildman–Crippen LogP) is 2.86. The van der Waals surface area contributed by atoms with Gasteiger partial charge >= 0.3 is 0 Å². The quantitative estimate of drug-likeness (QED) is 0.787. The van der Waals surface area contributed by atoms with Crippen molar-refractivity contribution < 1.29 is 9.13 Å². The summed E-state index contributed by atoms with van der Waals surface area (Å²) in [5.41, 5.74) is 0. The molecule has 84 valence electrons. The van der Waals surface area contributed by atoms with E-state index in [9.17, 15) is 4.39 Å². The second-order valence-electron chi connectivity index (χ2n) is 3.53. The molecule has 1 N–H and O–H groups in total. The van der Waals surface area contributed by atoms with Crippen LogP contribution >= 0.6 is 11.6 Å². The fourth-order valence-electron chi connectivity index (χ4n) is 1.08. The molecule has 2 nitrogen and oxygen atoms in total. The zero-order valence-electron chi connectivity index (χ0n) is 8.89. The minimum absolute atomic E-state index is 0.114. The first-order valence-electron chi connectivity index (χ1n) is 4.91. The Bertz CT molecular complexity index is 317.